The van der Waals surface area contributed by atoms with Gasteiger partial charge in [0.2, 0.25) is 0 Å². The third kappa shape index (κ3) is 6.29. The van der Waals surface area contributed by atoms with E-state index < -0.39 is 0 Å². The number of nitrogens with zero attached hydrogens (tertiary/aromatic N) is 1. The number of hydrogen-bond acceptors (Lipinski definition) is 3. The SMILES string of the molecule is CCN1CCC(c2ccc(/C(=C(/CCCO)c3ccccc3)c3cccc(O)c3)cc2)CC1.Cl. The van der Waals surface area contributed by atoms with Gasteiger partial charge in [-0.05, 0) is 96.8 Å². The lowest BCUT2D eigenvalue weighted by atomic mass is 9.85. The first-order valence-corrected chi connectivity index (χ1v) is 12.2. The van der Waals surface area contributed by atoms with E-state index in [2.05, 4.69) is 66.4 Å². The largest absolute Gasteiger partial charge is 0.508 e. The zero-order chi connectivity index (χ0) is 23.0. The Morgan fingerprint density at radius 1 is 0.853 bits per heavy atom. The third-order valence-corrected chi connectivity index (χ3v) is 6.85. The summed E-state index contributed by atoms with van der Waals surface area (Å²) in [6, 6.07) is 27.0. The molecule has 34 heavy (non-hydrogen) atoms. The summed E-state index contributed by atoms with van der Waals surface area (Å²) < 4.78 is 0. The van der Waals surface area contributed by atoms with Crippen LogP contribution >= 0.6 is 12.4 Å². The van der Waals surface area contributed by atoms with E-state index >= 15 is 0 Å². The maximum absolute atomic E-state index is 10.2. The fraction of sp³-hybridized carbons (Fsp3) is 0.333. The Labute approximate surface area is 210 Å². The molecule has 0 unspecified atom stereocenters. The molecule has 1 aliphatic heterocycles. The van der Waals surface area contributed by atoms with Crippen molar-refractivity contribution in [2.45, 2.75) is 38.5 Å². The first-order chi connectivity index (χ1) is 16.2. The van der Waals surface area contributed by atoms with Gasteiger partial charge in [0.25, 0.3) is 0 Å². The van der Waals surface area contributed by atoms with Crippen LogP contribution in [0.1, 0.15) is 60.8 Å². The van der Waals surface area contributed by atoms with Gasteiger partial charge in [-0.15, -0.1) is 12.4 Å². The topological polar surface area (TPSA) is 43.7 Å². The molecular formula is C30H36ClNO2. The summed E-state index contributed by atoms with van der Waals surface area (Å²) in [7, 11) is 0. The standard InChI is InChI=1S/C30H35NO2.ClH/c1-2-31-19-17-24(18-20-31)23-13-15-26(16-14-23)30(27-10-6-11-28(33)22-27)29(12-7-21-32)25-8-4-3-5-9-25;/h3-6,8-11,13-16,22,24,32-33H,2,7,12,17-21H2,1H3;1H/b30-29+;. The van der Waals surface area contributed by atoms with E-state index in [9.17, 15) is 10.2 Å². The first-order valence-electron chi connectivity index (χ1n) is 12.2. The Balaban J connectivity index is 0.00000324. The van der Waals surface area contributed by atoms with Gasteiger partial charge < -0.3 is 15.1 Å². The summed E-state index contributed by atoms with van der Waals surface area (Å²) in [5.41, 5.74) is 7.03. The van der Waals surface area contributed by atoms with E-state index in [1.165, 1.54) is 37.1 Å². The first kappa shape index (κ1) is 26.0. The van der Waals surface area contributed by atoms with Crippen molar-refractivity contribution in [2.75, 3.05) is 26.2 Å². The minimum Gasteiger partial charge on any atom is -0.508 e. The molecule has 0 saturated carbocycles. The number of phenols is 1. The van der Waals surface area contributed by atoms with Gasteiger partial charge in [-0.2, -0.15) is 0 Å². The van der Waals surface area contributed by atoms with E-state index in [4.69, 9.17) is 0 Å². The zero-order valence-corrected chi connectivity index (χ0v) is 20.8. The highest BCUT2D eigenvalue weighted by Crippen LogP contribution is 2.37. The van der Waals surface area contributed by atoms with Crippen LogP contribution in [0.4, 0.5) is 0 Å². The fourth-order valence-corrected chi connectivity index (χ4v) is 4.99. The molecule has 180 valence electrons. The number of allylic oxidation sites excluding steroid dienone is 1. The number of piperidine rings is 1. The zero-order valence-electron chi connectivity index (χ0n) is 20.0. The summed E-state index contributed by atoms with van der Waals surface area (Å²) in [5.74, 6) is 0.886. The van der Waals surface area contributed by atoms with Crippen molar-refractivity contribution >= 4 is 23.6 Å². The molecule has 1 aliphatic rings. The monoisotopic (exact) mass is 477 g/mol. The van der Waals surface area contributed by atoms with E-state index in [-0.39, 0.29) is 24.8 Å². The van der Waals surface area contributed by atoms with Crippen molar-refractivity contribution in [1.29, 1.82) is 0 Å². The molecule has 4 rings (SSSR count). The van der Waals surface area contributed by atoms with Crippen LogP contribution < -0.4 is 0 Å². The Bertz CT molecular complexity index is 1050. The Hall–Kier alpha value is -2.59. The molecule has 1 saturated heterocycles. The maximum atomic E-state index is 10.2. The molecule has 3 aromatic carbocycles. The van der Waals surface area contributed by atoms with Crippen molar-refractivity contribution in [2.24, 2.45) is 0 Å². The number of phenolic OH excluding ortho intramolecular Hbond substituents is 1. The summed E-state index contributed by atoms with van der Waals surface area (Å²) in [5, 5.41) is 19.8. The average molecular weight is 478 g/mol. The lowest BCUT2D eigenvalue weighted by molar-refractivity contribution is 0.222. The van der Waals surface area contributed by atoms with Crippen LogP contribution in [0.5, 0.6) is 5.75 Å². The van der Waals surface area contributed by atoms with Gasteiger partial charge in [0.15, 0.2) is 0 Å². The van der Waals surface area contributed by atoms with Crippen LogP contribution in [-0.4, -0.2) is 41.4 Å². The highest BCUT2D eigenvalue weighted by Gasteiger charge is 2.20. The number of benzene rings is 3. The van der Waals surface area contributed by atoms with Crippen LogP contribution in [-0.2, 0) is 0 Å². The normalized spacial score (nSPS) is 15.5. The number of halogens is 1. The van der Waals surface area contributed by atoms with Gasteiger partial charge >= 0.3 is 0 Å². The van der Waals surface area contributed by atoms with Crippen molar-refractivity contribution < 1.29 is 10.2 Å². The molecule has 3 nitrogen and oxygen atoms in total. The highest BCUT2D eigenvalue weighted by atomic mass is 35.5. The second-order valence-electron chi connectivity index (χ2n) is 8.93. The predicted molar refractivity (Wildman–Crippen MR) is 145 cm³/mol. The van der Waals surface area contributed by atoms with Gasteiger partial charge in [0, 0.05) is 6.61 Å². The smallest absolute Gasteiger partial charge is 0.116 e. The van der Waals surface area contributed by atoms with Crippen molar-refractivity contribution in [3.63, 3.8) is 0 Å². The van der Waals surface area contributed by atoms with Gasteiger partial charge in [0.1, 0.15) is 5.75 Å². The van der Waals surface area contributed by atoms with Gasteiger partial charge in [-0.3, -0.25) is 0 Å². The summed E-state index contributed by atoms with van der Waals surface area (Å²) >= 11 is 0. The van der Waals surface area contributed by atoms with Gasteiger partial charge in [0.05, 0.1) is 0 Å². The lowest BCUT2D eigenvalue weighted by Gasteiger charge is -2.31. The van der Waals surface area contributed by atoms with E-state index in [0.717, 1.165) is 35.2 Å². The lowest BCUT2D eigenvalue weighted by Crippen LogP contribution is -2.32. The molecule has 0 radical (unpaired) electrons. The van der Waals surface area contributed by atoms with Gasteiger partial charge in [-0.25, -0.2) is 0 Å². The molecule has 0 bridgehead atoms. The molecule has 1 heterocycles. The van der Waals surface area contributed by atoms with E-state index in [1.807, 2.05) is 18.2 Å². The second kappa shape index (κ2) is 12.8. The maximum Gasteiger partial charge on any atom is 0.116 e. The van der Waals surface area contributed by atoms with Crippen LogP contribution in [0.2, 0.25) is 0 Å². The van der Waals surface area contributed by atoms with Crippen LogP contribution in [0.25, 0.3) is 11.1 Å². The second-order valence-corrected chi connectivity index (χ2v) is 8.93. The van der Waals surface area contributed by atoms with Crippen molar-refractivity contribution in [3.05, 3.63) is 101 Å². The molecule has 0 atom stereocenters. The summed E-state index contributed by atoms with van der Waals surface area (Å²) in [6.07, 6.45) is 3.89. The van der Waals surface area contributed by atoms with Crippen molar-refractivity contribution in [1.82, 2.24) is 4.90 Å². The molecule has 0 aliphatic carbocycles. The summed E-state index contributed by atoms with van der Waals surface area (Å²) in [6.45, 7) is 5.89. The summed E-state index contributed by atoms with van der Waals surface area (Å²) in [4.78, 5) is 2.53. The Kier molecular flexibility index (Phi) is 9.76. The molecule has 0 aromatic heterocycles. The van der Waals surface area contributed by atoms with E-state index in [1.54, 1.807) is 6.07 Å². The molecule has 2 N–H and O–H groups in total. The predicted octanol–water partition coefficient (Wildman–Crippen LogP) is 6.74. The quantitative estimate of drug-likeness (QED) is 0.353. The number of aliphatic hydroxyl groups excluding tert-OH is 1. The Morgan fingerprint density at radius 2 is 1.53 bits per heavy atom. The molecule has 1 fully saturated rings. The van der Waals surface area contributed by atoms with Crippen LogP contribution in [0, 0.1) is 0 Å². The molecular weight excluding hydrogens is 442 g/mol. The molecule has 4 heteroatoms. The minimum absolute atomic E-state index is 0. The number of aromatic hydroxyl groups is 1. The number of aliphatic hydroxyl groups is 1. The van der Waals surface area contributed by atoms with Crippen molar-refractivity contribution in [3.8, 4) is 5.75 Å². The average Bonchev–Trinajstić information content (AvgIpc) is 2.87. The fourth-order valence-electron chi connectivity index (χ4n) is 4.99. The number of likely N-dealkylation sites (tertiary alicyclic amines) is 1. The van der Waals surface area contributed by atoms with E-state index in [0.29, 0.717) is 12.3 Å². The number of hydrogen-bond donors (Lipinski definition) is 2. The molecule has 3 aromatic rings. The molecule has 0 amide bonds. The minimum atomic E-state index is 0. The van der Waals surface area contributed by atoms with Crippen LogP contribution in [0.15, 0.2) is 78.9 Å². The third-order valence-electron chi connectivity index (χ3n) is 6.85. The van der Waals surface area contributed by atoms with Gasteiger partial charge in [-0.1, -0.05) is 73.7 Å². The Morgan fingerprint density at radius 3 is 2.15 bits per heavy atom. The highest BCUT2D eigenvalue weighted by molar-refractivity contribution is 5.98. The number of rotatable bonds is 8. The van der Waals surface area contributed by atoms with Crippen LogP contribution in [0.3, 0.4) is 0 Å². The molecule has 0 spiro atoms.